The number of nitrogens with zero attached hydrogens (tertiary/aromatic N) is 1. The average Bonchev–Trinajstić information content (AvgIpc) is 2.20. The van der Waals surface area contributed by atoms with Crippen LogP contribution in [0.5, 0.6) is 0 Å². The van der Waals surface area contributed by atoms with E-state index in [2.05, 4.69) is 0 Å². The first-order valence-electron chi connectivity index (χ1n) is 4.32. The van der Waals surface area contributed by atoms with Crippen LogP contribution in [0.1, 0.15) is 6.42 Å². The van der Waals surface area contributed by atoms with E-state index in [-0.39, 0.29) is 12.3 Å². The normalized spacial score (nSPS) is 10.3. The van der Waals surface area contributed by atoms with Crippen molar-refractivity contribution in [3.05, 3.63) is 34.1 Å². The van der Waals surface area contributed by atoms with Gasteiger partial charge in [0.25, 0.3) is 5.69 Å². The van der Waals surface area contributed by atoms with Crippen LogP contribution in [0.15, 0.2) is 23.1 Å². The van der Waals surface area contributed by atoms with Gasteiger partial charge in [-0.2, -0.15) is 0 Å². The van der Waals surface area contributed by atoms with Crippen molar-refractivity contribution in [1.29, 1.82) is 0 Å². The lowest BCUT2D eigenvalue weighted by molar-refractivity contribution is -0.385. The van der Waals surface area contributed by atoms with Gasteiger partial charge < -0.3 is 5.11 Å². The third kappa shape index (κ3) is 3.49. The highest BCUT2D eigenvalue weighted by Gasteiger charge is 2.10. The highest BCUT2D eigenvalue weighted by Crippen LogP contribution is 2.25. The molecule has 1 rings (SSSR count). The molecule has 1 N–H and O–H groups in total. The van der Waals surface area contributed by atoms with Gasteiger partial charge in [-0.25, -0.2) is 4.39 Å². The topological polar surface area (TPSA) is 63.4 Å². The van der Waals surface area contributed by atoms with E-state index in [0.29, 0.717) is 17.1 Å². The molecule has 0 spiro atoms. The van der Waals surface area contributed by atoms with Gasteiger partial charge in [-0.05, 0) is 12.5 Å². The molecule has 4 nitrogen and oxygen atoms in total. The van der Waals surface area contributed by atoms with Crippen LogP contribution in [-0.4, -0.2) is 22.4 Å². The summed E-state index contributed by atoms with van der Waals surface area (Å²) in [6.45, 7) is 0.0571. The maximum Gasteiger partial charge on any atom is 0.272 e. The molecule has 0 amide bonds. The highest BCUT2D eigenvalue weighted by molar-refractivity contribution is 7.99. The Hall–Kier alpha value is -1.14. The molecule has 0 fully saturated rings. The zero-order chi connectivity index (χ0) is 11.3. The molecule has 0 aliphatic carbocycles. The summed E-state index contributed by atoms with van der Waals surface area (Å²) in [7, 11) is 0. The van der Waals surface area contributed by atoms with E-state index in [0.717, 1.165) is 6.07 Å². The molecule has 0 aliphatic rings. The van der Waals surface area contributed by atoms with Crippen molar-refractivity contribution in [3.8, 4) is 0 Å². The molecule has 0 heterocycles. The highest BCUT2D eigenvalue weighted by atomic mass is 32.2. The molecule has 0 saturated heterocycles. The first kappa shape index (κ1) is 11.9. The monoisotopic (exact) mass is 231 g/mol. The summed E-state index contributed by atoms with van der Waals surface area (Å²) in [5.74, 6) is -0.00209. The SMILES string of the molecule is O=[N+]([O-])c1ccc(SCCCO)c(F)c1. The van der Waals surface area contributed by atoms with Gasteiger partial charge in [-0.15, -0.1) is 11.8 Å². The molecule has 0 atom stereocenters. The Morgan fingerprint density at radius 2 is 2.27 bits per heavy atom. The molecule has 0 saturated carbocycles. The Balaban J connectivity index is 2.70. The van der Waals surface area contributed by atoms with Crippen LogP contribution in [0, 0.1) is 15.9 Å². The lowest BCUT2D eigenvalue weighted by Gasteiger charge is -2.01. The predicted molar refractivity (Wildman–Crippen MR) is 55.5 cm³/mol. The number of nitro benzene ring substituents is 1. The fourth-order valence-corrected chi connectivity index (χ4v) is 1.82. The van der Waals surface area contributed by atoms with Gasteiger partial charge in [-0.3, -0.25) is 10.1 Å². The Kier molecular flexibility index (Phi) is 4.51. The molecule has 0 unspecified atom stereocenters. The first-order valence-corrected chi connectivity index (χ1v) is 5.31. The number of aliphatic hydroxyl groups excluding tert-OH is 1. The van der Waals surface area contributed by atoms with Gasteiger partial charge in [-0.1, -0.05) is 0 Å². The van der Waals surface area contributed by atoms with Gasteiger partial charge in [0.05, 0.1) is 11.0 Å². The molecule has 0 bridgehead atoms. The van der Waals surface area contributed by atoms with Crippen molar-refractivity contribution < 1.29 is 14.4 Å². The molecule has 15 heavy (non-hydrogen) atoms. The van der Waals surface area contributed by atoms with E-state index in [1.807, 2.05) is 0 Å². The van der Waals surface area contributed by atoms with Crippen molar-refractivity contribution in [2.24, 2.45) is 0 Å². The second kappa shape index (κ2) is 5.67. The molecule has 1 aromatic carbocycles. The molecule has 0 aliphatic heterocycles. The second-order valence-electron chi connectivity index (χ2n) is 2.80. The lowest BCUT2D eigenvalue weighted by atomic mass is 10.3. The van der Waals surface area contributed by atoms with E-state index in [4.69, 9.17) is 5.11 Å². The van der Waals surface area contributed by atoms with Gasteiger partial charge in [0.1, 0.15) is 5.82 Å². The number of hydrogen-bond acceptors (Lipinski definition) is 4. The Morgan fingerprint density at radius 1 is 1.53 bits per heavy atom. The van der Waals surface area contributed by atoms with Crippen molar-refractivity contribution in [1.82, 2.24) is 0 Å². The van der Waals surface area contributed by atoms with Crippen molar-refractivity contribution in [2.45, 2.75) is 11.3 Å². The largest absolute Gasteiger partial charge is 0.396 e. The molecule has 6 heteroatoms. The Labute approximate surface area is 90.3 Å². The minimum atomic E-state index is -0.634. The standard InChI is InChI=1S/C9H10FNO3S/c10-8-6-7(11(13)14)2-3-9(8)15-5-1-4-12/h2-3,6,12H,1,4-5H2. The third-order valence-electron chi connectivity index (χ3n) is 1.69. The van der Waals surface area contributed by atoms with Crippen LogP contribution in [0.4, 0.5) is 10.1 Å². The van der Waals surface area contributed by atoms with Gasteiger partial charge in [0, 0.05) is 23.3 Å². The number of hydrogen-bond donors (Lipinski definition) is 1. The van der Waals surface area contributed by atoms with E-state index in [1.165, 1.54) is 23.9 Å². The van der Waals surface area contributed by atoms with Crippen LogP contribution in [0.2, 0.25) is 0 Å². The summed E-state index contributed by atoms with van der Waals surface area (Å²) < 4.78 is 13.2. The van der Waals surface area contributed by atoms with Crippen molar-refractivity contribution in [2.75, 3.05) is 12.4 Å². The van der Waals surface area contributed by atoms with Crippen LogP contribution in [0.3, 0.4) is 0 Å². The number of non-ortho nitro benzene ring substituents is 1. The quantitative estimate of drug-likeness (QED) is 0.365. The van der Waals surface area contributed by atoms with Crippen LogP contribution in [-0.2, 0) is 0 Å². The zero-order valence-corrected chi connectivity index (χ0v) is 8.67. The number of thioether (sulfide) groups is 1. The Bertz CT molecular complexity index is 359. The minimum absolute atomic E-state index is 0.0571. The molecular formula is C9H10FNO3S. The summed E-state index contributed by atoms with van der Waals surface area (Å²) in [4.78, 5) is 10.1. The van der Waals surface area contributed by atoms with E-state index in [9.17, 15) is 14.5 Å². The summed E-state index contributed by atoms with van der Waals surface area (Å²) in [5.41, 5.74) is -0.251. The second-order valence-corrected chi connectivity index (χ2v) is 3.93. The van der Waals surface area contributed by atoms with Crippen LogP contribution < -0.4 is 0 Å². The summed E-state index contributed by atoms with van der Waals surface area (Å²) in [6, 6.07) is 3.56. The lowest BCUT2D eigenvalue weighted by Crippen LogP contribution is -1.91. The molecule has 0 aromatic heterocycles. The van der Waals surface area contributed by atoms with Gasteiger partial charge >= 0.3 is 0 Å². The number of aliphatic hydroxyl groups is 1. The number of benzene rings is 1. The van der Waals surface area contributed by atoms with E-state index >= 15 is 0 Å². The van der Waals surface area contributed by atoms with Crippen molar-refractivity contribution >= 4 is 17.4 Å². The number of nitro groups is 1. The van der Waals surface area contributed by atoms with Crippen LogP contribution >= 0.6 is 11.8 Å². The molecular weight excluding hydrogens is 221 g/mol. The van der Waals surface area contributed by atoms with Crippen molar-refractivity contribution in [3.63, 3.8) is 0 Å². The fourth-order valence-electron chi connectivity index (χ4n) is 0.967. The Morgan fingerprint density at radius 3 is 2.80 bits per heavy atom. The van der Waals surface area contributed by atoms with Gasteiger partial charge in [0.2, 0.25) is 0 Å². The predicted octanol–water partition coefficient (Wildman–Crippen LogP) is 2.21. The number of rotatable bonds is 5. The first-order chi connectivity index (χ1) is 7.15. The zero-order valence-electron chi connectivity index (χ0n) is 7.85. The molecule has 1 aromatic rings. The maximum atomic E-state index is 13.2. The van der Waals surface area contributed by atoms with E-state index < -0.39 is 10.7 Å². The molecule has 82 valence electrons. The smallest absolute Gasteiger partial charge is 0.272 e. The number of halogens is 1. The minimum Gasteiger partial charge on any atom is -0.396 e. The van der Waals surface area contributed by atoms with Crippen LogP contribution in [0.25, 0.3) is 0 Å². The average molecular weight is 231 g/mol. The fraction of sp³-hybridized carbons (Fsp3) is 0.333. The maximum absolute atomic E-state index is 13.2. The summed E-state index contributed by atoms with van der Waals surface area (Å²) in [6.07, 6.45) is 0.571. The summed E-state index contributed by atoms with van der Waals surface area (Å²) >= 11 is 1.23. The molecule has 0 radical (unpaired) electrons. The van der Waals surface area contributed by atoms with E-state index in [1.54, 1.807) is 0 Å². The third-order valence-corrected chi connectivity index (χ3v) is 2.82. The summed E-state index contributed by atoms with van der Waals surface area (Å²) in [5, 5.41) is 18.9. The van der Waals surface area contributed by atoms with Gasteiger partial charge in [0.15, 0.2) is 0 Å².